The molecule has 0 saturated heterocycles. The van der Waals surface area contributed by atoms with Crippen LogP contribution in [0, 0.1) is 19.7 Å². The van der Waals surface area contributed by atoms with E-state index in [1.165, 1.54) is 17.5 Å². The number of hydrogen-bond donors (Lipinski definition) is 0. The van der Waals surface area contributed by atoms with Gasteiger partial charge in [0.1, 0.15) is 11.6 Å². The number of rotatable bonds is 13. The molecule has 0 bridgehead atoms. The van der Waals surface area contributed by atoms with Crippen molar-refractivity contribution in [3.05, 3.63) is 114 Å². The fourth-order valence-corrected chi connectivity index (χ4v) is 4.81. The van der Waals surface area contributed by atoms with E-state index in [4.69, 9.17) is 4.74 Å². The van der Waals surface area contributed by atoms with Crippen LogP contribution in [0.5, 0.6) is 5.75 Å². The van der Waals surface area contributed by atoms with Crippen LogP contribution < -0.4 is 4.74 Å². The van der Waals surface area contributed by atoms with E-state index in [2.05, 4.69) is 37.3 Å². The number of carbonyl (C=O) groups excluding carboxylic acids is 1. The molecule has 0 heterocycles. The van der Waals surface area contributed by atoms with E-state index in [-0.39, 0.29) is 11.8 Å². The van der Waals surface area contributed by atoms with Crippen molar-refractivity contribution in [3.8, 4) is 28.0 Å². The standard InChI is InChI=1S/C36H39FO2/c1-27-12-17-30(18-13-27)31-21-23-33(24-22-31)39-36(38)11-9-7-5-3-4-6-8-10-29-16-25-34(35(37)26-29)32-19-14-28(2)15-20-32/h12-26H,3-11H2,1-2H3. The van der Waals surface area contributed by atoms with Gasteiger partial charge in [-0.25, -0.2) is 4.39 Å². The third-order valence-electron chi connectivity index (χ3n) is 7.21. The highest BCUT2D eigenvalue weighted by atomic mass is 19.1. The summed E-state index contributed by atoms with van der Waals surface area (Å²) < 4.78 is 20.1. The Bertz CT molecular complexity index is 1320. The Morgan fingerprint density at radius 1 is 0.615 bits per heavy atom. The van der Waals surface area contributed by atoms with Crippen molar-refractivity contribution in [2.75, 3.05) is 0 Å². The summed E-state index contributed by atoms with van der Waals surface area (Å²) in [6.45, 7) is 4.11. The van der Waals surface area contributed by atoms with Gasteiger partial charge in [0.05, 0.1) is 0 Å². The Hall–Kier alpha value is -3.72. The summed E-state index contributed by atoms with van der Waals surface area (Å²) in [5.74, 6) is 0.286. The van der Waals surface area contributed by atoms with Gasteiger partial charge in [0.2, 0.25) is 0 Å². The van der Waals surface area contributed by atoms with Crippen molar-refractivity contribution in [3.63, 3.8) is 0 Å². The fraction of sp³-hybridized carbons (Fsp3) is 0.306. The quantitative estimate of drug-likeness (QED) is 0.0992. The van der Waals surface area contributed by atoms with Crippen LogP contribution in [0.4, 0.5) is 4.39 Å². The first kappa shape index (κ1) is 28.3. The molecule has 202 valence electrons. The summed E-state index contributed by atoms with van der Waals surface area (Å²) in [7, 11) is 0. The first-order valence-electron chi connectivity index (χ1n) is 14.2. The molecule has 4 rings (SSSR count). The molecule has 0 spiro atoms. The molecule has 2 nitrogen and oxygen atoms in total. The zero-order valence-corrected chi connectivity index (χ0v) is 23.2. The van der Waals surface area contributed by atoms with E-state index >= 15 is 0 Å². The minimum Gasteiger partial charge on any atom is -0.427 e. The highest BCUT2D eigenvalue weighted by Gasteiger charge is 2.07. The molecule has 0 aliphatic carbocycles. The average Bonchev–Trinajstić information content (AvgIpc) is 2.94. The van der Waals surface area contributed by atoms with E-state index < -0.39 is 0 Å². The lowest BCUT2D eigenvalue weighted by Crippen LogP contribution is -2.07. The van der Waals surface area contributed by atoms with Gasteiger partial charge in [-0.15, -0.1) is 0 Å². The van der Waals surface area contributed by atoms with E-state index in [0.717, 1.165) is 67.2 Å². The first-order chi connectivity index (χ1) is 19.0. The van der Waals surface area contributed by atoms with Gasteiger partial charge in [0, 0.05) is 12.0 Å². The highest BCUT2D eigenvalue weighted by molar-refractivity contribution is 5.73. The van der Waals surface area contributed by atoms with Crippen molar-refractivity contribution in [1.29, 1.82) is 0 Å². The van der Waals surface area contributed by atoms with E-state index in [1.54, 1.807) is 6.07 Å². The van der Waals surface area contributed by atoms with Crippen molar-refractivity contribution >= 4 is 5.97 Å². The van der Waals surface area contributed by atoms with Crippen LogP contribution in [0.2, 0.25) is 0 Å². The third-order valence-corrected chi connectivity index (χ3v) is 7.21. The Morgan fingerprint density at radius 2 is 1.13 bits per heavy atom. The van der Waals surface area contributed by atoms with Gasteiger partial charge in [0.25, 0.3) is 0 Å². The summed E-state index contributed by atoms with van der Waals surface area (Å²) in [4.78, 5) is 12.2. The Morgan fingerprint density at radius 3 is 1.72 bits per heavy atom. The maximum Gasteiger partial charge on any atom is 0.311 e. The predicted molar refractivity (Wildman–Crippen MR) is 159 cm³/mol. The predicted octanol–water partition coefficient (Wildman–Crippen LogP) is 10.0. The Labute approximate surface area is 232 Å². The van der Waals surface area contributed by atoms with Crippen molar-refractivity contribution in [2.24, 2.45) is 0 Å². The monoisotopic (exact) mass is 522 g/mol. The summed E-state index contributed by atoms with van der Waals surface area (Å²) in [5.41, 5.74) is 7.32. The molecule has 0 aliphatic rings. The number of esters is 1. The van der Waals surface area contributed by atoms with Crippen LogP contribution in [0.3, 0.4) is 0 Å². The molecule has 0 saturated carbocycles. The number of aryl methyl sites for hydroxylation is 3. The number of hydrogen-bond acceptors (Lipinski definition) is 2. The number of benzene rings is 4. The Balaban J connectivity index is 1.05. The molecule has 0 amide bonds. The van der Waals surface area contributed by atoms with Gasteiger partial charge >= 0.3 is 5.97 Å². The Kier molecular flexibility index (Phi) is 10.5. The number of halogens is 1. The molecule has 0 aliphatic heterocycles. The molecular weight excluding hydrogens is 483 g/mol. The van der Waals surface area contributed by atoms with E-state index in [1.807, 2.05) is 61.5 Å². The van der Waals surface area contributed by atoms with Gasteiger partial charge in [-0.05, 0) is 73.6 Å². The fourth-order valence-electron chi connectivity index (χ4n) is 4.81. The van der Waals surface area contributed by atoms with Crippen LogP contribution in [-0.4, -0.2) is 5.97 Å². The molecule has 39 heavy (non-hydrogen) atoms. The molecule has 0 unspecified atom stereocenters. The first-order valence-corrected chi connectivity index (χ1v) is 14.2. The molecule has 4 aromatic carbocycles. The highest BCUT2D eigenvalue weighted by Crippen LogP contribution is 2.25. The second kappa shape index (κ2) is 14.4. The molecule has 0 radical (unpaired) electrons. The lowest BCUT2D eigenvalue weighted by molar-refractivity contribution is -0.134. The minimum atomic E-state index is -0.168. The molecule has 4 aromatic rings. The zero-order chi connectivity index (χ0) is 27.5. The van der Waals surface area contributed by atoms with Gasteiger partial charge in [-0.2, -0.15) is 0 Å². The summed E-state index contributed by atoms with van der Waals surface area (Å²) in [6, 6.07) is 29.7. The molecule has 0 atom stereocenters. The maximum absolute atomic E-state index is 14.6. The SMILES string of the molecule is Cc1ccc(-c2ccc(OC(=O)CCCCCCCCCc3ccc(-c4ccc(C)cc4)c(F)c3)cc2)cc1. The van der Waals surface area contributed by atoms with Crippen molar-refractivity contribution in [1.82, 2.24) is 0 Å². The number of carbonyl (C=O) groups is 1. The summed E-state index contributed by atoms with van der Waals surface area (Å²) in [5, 5.41) is 0. The van der Waals surface area contributed by atoms with Gasteiger partial charge in [-0.1, -0.05) is 116 Å². The van der Waals surface area contributed by atoms with Crippen molar-refractivity contribution < 1.29 is 13.9 Å². The van der Waals surface area contributed by atoms with Crippen LogP contribution >= 0.6 is 0 Å². The summed E-state index contributed by atoms with van der Waals surface area (Å²) >= 11 is 0. The molecule has 0 N–H and O–H groups in total. The second-order valence-corrected chi connectivity index (χ2v) is 10.5. The van der Waals surface area contributed by atoms with Crippen LogP contribution in [-0.2, 0) is 11.2 Å². The minimum absolute atomic E-state index is 0.144. The van der Waals surface area contributed by atoms with Gasteiger partial charge in [-0.3, -0.25) is 4.79 Å². The van der Waals surface area contributed by atoms with Crippen LogP contribution in [0.15, 0.2) is 91.0 Å². The van der Waals surface area contributed by atoms with Crippen LogP contribution in [0.1, 0.15) is 68.1 Å². The molecule has 3 heteroatoms. The van der Waals surface area contributed by atoms with Gasteiger partial charge < -0.3 is 4.74 Å². The average molecular weight is 523 g/mol. The third kappa shape index (κ3) is 8.92. The number of unbranched alkanes of at least 4 members (excludes halogenated alkanes) is 6. The second-order valence-electron chi connectivity index (χ2n) is 10.5. The van der Waals surface area contributed by atoms with Gasteiger partial charge in [0.15, 0.2) is 0 Å². The largest absolute Gasteiger partial charge is 0.427 e. The lowest BCUT2D eigenvalue weighted by Gasteiger charge is -2.08. The smallest absolute Gasteiger partial charge is 0.311 e. The lowest BCUT2D eigenvalue weighted by atomic mass is 9.99. The van der Waals surface area contributed by atoms with E-state index in [9.17, 15) is 9.18 Å². The molecular formula is C36H39FO2. The topological polar surface area (TPSA) is 26.3 Å². The van der Waals surface area contributed by atoms with Crippen molar-refractivity contribution in [2.45, 2.75) is 71.6 Å². The molecule has 0 aromatic heterocycles. The summed E-state index contributed by atoms with van der Waals surface area (Å²) in [6.07, 6.45) is 8.91. The zero-order valence-electron chi connectivity index (χ0n) is 23.2. The van der Waals surface area contributed by atoms with E-state index in [0.29, 0.717) is 17.7 Å². The molecule has 0 fully saturated rings. The normalized spacial score (nSPS) is 10.9. The maximum atomic E-state index is 14.6. The van der Waals surface area contributed by atoms with Crippen LogP contribution in [0.25, 0.3) is 22.3 Å². The number of ether oxygens (including phenoxy) is 1.